The van der Waals surface area contributed by atoms with Gasteiger partial charge in [0.25, 0.3) is 0 Å². The van der Waals surface area contributed by atoms with E-state index < -0.39 is 5.97 Å². The van der Waals surface area contributed by atoms with Crippen LogP contribution in [0.5, 0.6) is 5.75 Å². The number of carboxylic acids is 1. The number of carboxylic acid groups (broad SMARTS) is 1. The van der Waals surface area contributed by atoms with Crippen LogP contribution >= 0.6 is 0 Å². The molecule has 0 bridgehead atoms. The predicted molar refractivity (Wildman–Crippen MR) is 90.7 cm³/mol. The maximum Gasteiger partial charge on any atom is 0.318 e. The van der Waals surface area contributed by atoms with Crippen LogP contribution in [0.2, 0.25) is 0 Å². The normalized spacial score (nSPS) is 15.1. The van der Waals surface area contributed by atoms with E-state index in [1.807, 2.05) is 19.9 Å². The van der Waals surface area contributed by atoms with Gasteiger partial charge >= 0.3 is 12.0 Å². The molecule has 0 saturated heterocycles. The molecule has 1 aliphatic rings. The molecule has 2 rings (SSSR count). The minimum Gasteiger partial charge on any atom is -0.508 e. The number of benzene rings is 1. The smallest absolute Gasteiger partial charge is 0.318 e. The highest BCUT2D eigenvalue weighted by Crippen LogP contribution is 2.29. The minimum atomic E-state index is -0.910. The molecule has 3 N–H and O–H groups in total. The van der Waals surface area contributed by atoms with Crippen LogP contribution < -0.4 is 5.32 Å². The minimum absolute atomic E-state index is 0.0748. The van der Waals surface area contributed by atoms with E-state index in [4.69, 9.17) is 5.11 Å². The van der Waals surface area contributed by atoms with Crippen LogP contribution in [0, 0.1) is 5.92 Å². The van der Waals surface area contributed by atoms with Gasteiger partial charge in [0.15, 0.2) is 0 Å². The Hall–Kier alpha value is -2.24. The molecule has 0 radical (unpaired) electrons. The fraction of sp³-hybridized carbons (Fsp3) is 0.556. The SMILES string of the molecule is CC(C)CC(CC(=O)O)NC(=O)N(Cc1cccc(O)c1)C1CC1. The summed E-state index contributed by atoms with van der Waals surface area (Å²) in [4.78, 5) is 25.4. The average molecular weight is 334 g/mol. The number of nitrogens with one attached hydrogen (secondary N) is 1. The highest BCUT2D eigenvalue weighted by molar-refractivity contribution is 5.76. The summed E-state index contributed by atoms with van der Waals surface area (Å²) in [5.41, 5.74) is 0.857. The second kappa shape index (κ2) is 8.04. The number of amides is 2. The molecule has 6 nitrogen and oxygen atoms in total. The number of urea groups is 1. The monoisotopic (exact) mass is 334 g/mol. The van der Waals surface area contributed by atoms with Gasteiger partial charge in [-0.3, -0.25) is 4.79 Å². The Morgan fingerprint density at radius 1 is 1.33 bits per heavy atom. The van der Waals surface area contributed by atoms with Crippen LogP contribution in [0.3, 0.4) is 0 Å². The van der Waals surface area contributed by atoms with E-state index >= 15 is 0 Å². The summed E-state index contributed by atoms with van der Waals surface area (Å²) in [6.45, 7) is 4.42. The lowest BCUT2D eigenvalue weighted by atomic mass is 10.0. The first-order valence-corrected chi connectivity index (χ1v) is 8.42. The molecule has 1 atom stereocenters. The van der Waals surface area contributed by atoms with Crippen molar-refractivity contribution < 1.29 is 19.8 Å². The Morgan fingerprint density at radius 3 is 2.58 bits per heavy atom. The van der Waals surface area contributed by atoms with Crippen LogP contribution in [0.4, 0.5) is 4.79 Å². The van der Waals surface area contributed by atoms with Crippen molar-refractivity contribution in [3.8, 4) is 5.75 Å². The second-order valence-electron chi connectivity index (χ2n) is 6.90. The molecule has 0 spiro atoms. The van der Waals surface area contributed by atoms with Gasteiger partial charge in [-0.2, -0.15) is 0 Å². The lowest BCUT2D eigenvalue weighted by molar-refractivity contribution is -0.137. The Labute approximate surface area is 142 Å². The van der Waals surface area contributed by atoms with Crippen molar-refractivity contribution >= 4 is 12.0 Å². The predicted octanol–water partition coefficient (Wildman–Crippen LogP) is 2.96. The molecule has 1 aliphatic carbocycles. The van der Waals surface area contributed by atoms with Gasteiger partial charge in [-0.25, -0.2) is 4.79 Å². The van der Waals surface area contributed by atoms with Crippen LogP contribution in [-0.2, 0) is 11.3 Å². The maximum atomic E-state index is 12.6. The van der Waals surface area contributed by atoms with Gasteiger partial charge in [-0.1, -0.05) is 26.0 Å². The van der Waals surface area contributed by atoms with Gasteiger partial charge < -0.3 is 20.4 Å². The first kappa shape index (κ1) is 18.1. The molecule has 1 aromatic rings. The molecule has 1 fully saturated rings. The van der Waals surface area contributed by atoms with Crippen LogP contribution in [0.15, 0.2) is 24.3 Å². The summed E-state index contributed by atoms with van der Waals surface area (Å²) in [6, 6.07) is 6.44. The van der Waals surface area contributed by atoms with Gasteiger partial charge in [-0.05, 0) is 42.9 Å². The zero-order valence-electron chi connectivity index (χ0n) is 14.2. The Bertz CT molecular complexity index is 584. The van der Waals surface area contributed by atoms with Gasteiger partial charge in [0.05, 0.1) is 6.42 Å². The van der Waals surface area contributed by atoms with Crippen molar-refractivity contribution in [3.63, 3.8) is 0 Å². The average Bonchev–Trinajstić information content (AvgIpc) is 3.27. The van der Waals surface area contributed by atoms with Crippen molar-refractivity contribution in [2.24, 2.45) is 5.92 Å². The number of hydrogen-bond donors (Lipinski definition) is 3. The number of nitrogens with zero attached hydrogens (tertiary/aromatic N) is 1. The molecule has 1 aromatic carbocycles. The number of phenolic OH excluding ortho intramolecular Hbond substituents is 1. The third-order valence-electron chi connectivity index (χ3n) is 4.02. The highest BCUT2D eigenvalue weighted by atomic mass is 16.4. The van der Waals surface area contributed by atoms with Gasteiger partial charge in [0.2, 0.25) is 0 Å². The number of aromatic hydroxyl groups is 1. The second-order valence-corrected chi connectivity index (χ2v) is 6.90. The topological polar surface area (TPSA) is 89.9 Å². The van der Waals surface area contributed by atoms with Crippen molar-refractivity contribution in [1.29, 1.82) is 0 Å². The van der Waals surface area contributed by atoms with Crippen LogP contribution in [0.25, 0.3) is 0 Å². The number of carbonyl (C=O) groups is 2. The lowest BCUT2D eigenvalue weighted by Gasteiger charge is -2.27. The van der Waals surface area contributed by atoms with E-state index in [1.165, 1.54) is 0 Å². The van der Waals surface area contributed by atoms with E-state index in [0.29, 0.717) is 18.9 Å². The molecule has 0 aromatic heterocycles. The van der Waals surface area contributed by atoms with Crippen molar-refractivity contribution in [2.45, 2.75) is 58.2 Å². The maximum absolute atomic E-state index is 12.6. The third kappa shape index (κ3) is 5.76. The van der Waals surface area contributed by atoms with E-state index in [9.17, 15) is 14.7 Å². The fourth-order valence-corrected chi connectivity index (χ4v) is 2.84. The molecular weight excluding hydrogens is 308 g/mol. The number of aliphatic carboxylic acids is 1. The molecular formula is C18H26N2O4. The number of phenols is 1. The van der Waals surface area contributed by atoms with Gasteiger partial charge in [0.1, 0.15) is 5.75 Å². The van der Waals surface area contributed by atoms with Gasteiger partial charge in [-0.15, -0.1) is 0 Å². The summed E-state index contributed by atoms with van der Waals surface area (Å²) >= 11 is 0. The standard InChI is InChI=1S/C18H26N2O4/c1-12(2)8-14(10-17(22)23)19-18(24)20(15-6-7-15)11-13-4-3-5-16(21)9-13/h3-5,9,12,14-15,21H,6-8,10-11H2,1-2H3,(H,19,24)(H,22,23). The third-order valence-corrected chi connectivity index (χ3v) is 4.02. The largest absolute Gasteiger partial charge is 0.508 e. The first-order valence-electron chi connectivity index (χ1n) is 8.42. The van der Waals surface area contributed by atoms with E-state index in [-0.39, 0.29) is 30.3 Å². The molecule has 1 saturated carbocycles. The van der Waals surface area contributed by atoms with Crippen molar-refractivity contribution in [3.05, 3.63) is 29.8 Å². The molecule has 132 valence electrons. The number of carbonyl (C=O) groups excluding carboxylic acids is 1. The Balaban J connectivity index is 2.03. The molecule has 0 aliphatic heterocycles. The summed E-state index contributed by atoms with van der Waals surface area (Å²) in [5.74, 6) is -0.436. The molecule has 24 heavy (non-hydrogen) atoms. The van der Waals surface area contributed by atoms with E-state index in [0.717, 1.165) is 18.4 Å². The summed E-state index contributed by atoms with van der Waals surface area (Å²) in [7, 11) is 0. The molecule has 2 amide bonds. The van der Waals surface area contributed by atoms with Crippen LogP contribution in [-0.4, -0.2) is 39.2 Å². The zero-order valence-corrected chi connectivity index (χ0v) is 14.2. The fourth-order valence-electron chi connectivity index (χ4n) is 2.84. The number of hydrogen-bond acceptors (Lipinski definition) is 3. The quantitative estimate of drug-likeness (QED) is 0.682. The number of rotatable bonds is 8. The lowest BCUT2D eigenvalue weighted by Crippen LogP contribution is -2.46. The van der Waals surface area contributed by atoms with Crippen molar-refractivity contribution in [1.82, 2.24) is 10.2 Å². The zero-order chi connectivity index (χ0) is 17.7. The molecule has 0 heterocycles. The Morgan fingerprint density at radius 2 is 2.04 bits per heavy atom. The van der Waals surface area contributed by atoms with Gasteiger partial charge in [0, 0.05) is 18.6 Å². The van der Waals surface area contributed by atoms with E-state index in [2.05, 4.69) is 5.32 Å². The first-order chi connectivity index (χ1) is 11.3. The highest BCUT2D eigenvalue weighted by Gasteiger charge is 2.33. The Kier molecular flexibility index (Phi) is 6.06. The van der Waals surface area contributed by atoms with Crippen LogP contribution in [0.1, 0.15) is 45.1 Å². The van der Waals surface area contributed by atoms with E-state index in [1.54, 1.807) is 23.1 Å². The summed E-state index contributed by atoms with van der Waals surface area (Å²) in [6.07, 6.45) is 2.47. The van der Waals surface area contributed by atoms with Crippen molar-refractivity contribution in [2.75, 3.05) is 0 Å². The summed E-state index contributed by atoms with van der Waals surface area (Å²) in [5, 5.41) is 21.5. The molecule has 6 heteroatoms. The summed E-state index contributed by atoms with van der Waals surface area (Å²) < 4.78 is 0. The molecule has 1 unspecified atom stereocenters.